The van der Waals surface area contributed by atoms with E-state index in [1.54, 1.807) is 23.5 Å². The number of hydrogen-bond donors (Lipinski definition) is 0. The highest BCUT2D eigenvalue weighted by Gasteiger charge is 2.36. The number of carbonyl (C=O) groups is 1. The predicted molar refractivity (Wildman–Crippen MR) is 97.5 cm³/mol. The first-order valence-corrected chi connectivity index (χ1v) is 9.30. The topological polar surface area (TPSA) is 38.1 Å². The molecular weight excluding hydrogens is 337 g/mol. The Balaban J connectivity index is 1.56. The van der Waals surface area contributed by atoms with Crippen molar-refractivity contribution in [3.8, 4) is 0 Å². The number of thiazole rings is 1. The number of aromatic nitrogens is 2. The second kappa shape index (κ2) is 5.95. The summed E-state index contributed by atoms with van der Waals surface area (Å²) in [5, 5.41) is 3.92. The Labute approximate surface area is 149 Å². The number of carbonyl (C=O) groups excluding carboxylic acids is 1. The molecule has 1 amide bonds. The largest absolute Gasteiger partial charge is 0.340 e. The minimum absolute atomic E-state index is 0.0142. The molecule has 0 saturated carbocycles. The minimum atomic E-state index is -0.283. The van der Waals surface area contributed by atoms with E-state index >= 15 is 0 Å². The molecule has 3 aromatic rings. The Morgan fingerprint density at radius 3 is 2.72 bits per heavy atom. The van der Waals surface area contributed by atoms with E-state index in [1.807, 2.05) is 28.1 Å². The van der Waals surface area contributed by atoms with Crippen LogP contribution in [-0.2, 0) is 12.5 Å². The lowest BCUT2D eigenvalue weighted by Gasteiger charge is -2.38. The van der Waals surface area contributed by atoms with Gasteiger partial charge in [0.2, 0.25) is 0 Å². The smallest absolute Gasteiger partial charge is 0.270 e. The van der Waals surface area contributed by atoms with Crippen LogP contribution in [0.15, 0.2) is 35.8 Å². The molecule has 2 aromatic heterocycles. The SMILES string of the molecule is Cn1c(C(=O)N2CCC(C)(c3nccs3)CC2)cc2cc(F)ccc21. The quantitative estimate of drug-likeness (QED) is 0.696. The number of likely N-dealkylation sites (tertiary alicyclic amines) is 1. The summed E-state index contributed by atoms with van der Waals surface area (Å²) in [5.41, 5.74) is 1.53. The average Bonchev–Trinajstić information content (AvgIpc) is 3.24. The molecule has 0 bridgehead atoms. The van der Waals surface area contributed by atoms with Gasteiger partial charge in [0.15, 0.2) is 0 Å². The molecule has 4 rings (SSSR count). The number of nitrogens with zero attached hydrogens (tertiary/aromatic N) is 3. The number of hydrogen-bond acceptors (Lipinski definition) is 3. The van der Waals surface area contributed by atoms with Gasteiger partial charge in [-0.1, -0.05) is 6.92 Å². The Morgan fingerprint density at radius 1 is 1.28 bits per heavy atom. The summed E-state index contributed by atoms with van der Waals surface area (Å²) in [6.07, 6.45) is 3.66. The van der Waals surface area contributed by atoms with Gasteiger partial charge in [-0.25, -0.2) is 9.37 Å². The molecule has 0 unspecified atom stereocenters. The molecule has 1 saturated heterocycles. The molecule has 4 nitrogen and oxygen atoms in total. The van der Waals surface area contributed by atoms with Crippen molar-refractivity contribution in [2.24, 2.45) is 7.05 Å². The van der Waals surface area contributed by atoms with E-state index in [0.717, 1.165) is 28.8 Å². The van der Waals surface area contributed by atoms with Gasteiger partial charge in [0.05, 0.1) is 5.01 Å². The van der Waals surface area contributed by atoms with Crippen LogP contribution in [0, 0.1) is 5.82 Å². The lowest BCUT2D eigenvalue weighted by Crippen LogP contribution is -2.44. The van der Waals surface area contributed by atoms with Gasteiger partial charge in [-0.15, -0.1) is 11.3 Å². The van der Waals surface area contributed by atoms with Crippen molar-refractivity contribution < 1.29 is 9.18 Å². The number of aryl methyl sites for hydroxylation is 1. The molecule has 6 heteroatoms. The summed E-state index contributed by atoms with van der Waals surface area (Å²) in [7, 11) is 1.86. The van der Waals surface area contributed by atoms with Crippen LogP contribution in [0.25, 0.3) is 10.9 Å². The highest BCUT2D eigenvalue weighted by Crippen LogP contribution is 2.36. The van der Waals surface area contributed by atoms with Crippen LogP contribution >= 0.6 is 11.3 Å². The van der Waals surface area contributed by atoms with Gasteiger partial charge < -0.3 is 9.47 Å². The predicted octanol–water partition coefficient (Wildman–Crippen LogP) is 3.97. The average molecular weight is 357 g/mol. The molecule has 1 aliphatic heterocycles. The Kier molecular flexibility index (Phi) is 3.87. The normalized spacial score (nSPS) is 17.2. The van der Waals surface area contributed by atoms with Crippen molar-refractivity contribution in [2.75, 3.05) is 13.1 Å². The summed E-state index contributed by atoms with van der Waals surface area (Å²) in [6.45, 7) is 3.66. The van der Waals surface area contributed by atoms with Gasteiger partial charge in [-0.05, 0) is 37.1 Å². The highest BCUT2D eigenvalue weighted by atomic mass is 32.1. The van der Waals surface area contributed by atoms with Gasteiger partial charge in [0, 0.05) is 48.0 Å². The molecule has 1 aromatic carbocycles. The third-order valence-corrected chi connectivity index (χ3v) is 6.41. The maximum atomic E-state index is 13.4. The Bertz CT molecular complexity index is 924. The maximum absolute atomic E-state index is 13.4. The molecule has 0 spiro atoms. The summed E-state index contributed by atoms with van der Waals surface area (Å²) < 4.78 is 15.3. The second-order valence-electron chi connectivity index (χ2n) is 6.98. The Morgan fingerprint density at radius 2 is 2.04 bits per heavy atom. The molecule has 0 radical (unpaired) electrons. The van der Waals surface area contributed by atoms with Crippen LogP contribution in [0.3, 0.4) is 0 Å². The third kappa shape index (κ3) is 2.74. The molecule has 25 heavy (non-hydrogen) atoms. The first kappa shape index (κ1) is 16.3. The van der Waals surface area contributed by atoms with E-state index in [9.17, 15) is 9.18 Å². The van der Waals surface area contributed by atoms with Gasteiger partial charge in [-0.2, -0.15) is 0 Å². The summed E-state index contributed by atoms with van der Waals surface area (Å²) in [5.74, 6) is -0.269. The lowest BCUT2D eigenvalue weighted by atomic mass is 9.81. The molecule has 1 aliphatic rings. The fourth-order valence-electron chi connectivity index (χ4n) is 3.63. The van der Waals surface area contributed by atoms with Crippen LogP contribution in [0.1, 0.15) is 35.3 Å². The molecule has 1 fully saturated rings. The van der Waals surface area contributed by atoms with Crippen LogP contribution in [-0.4, -0.2) is 33.4 Å². The van der Waals surface area contributed by atoms with E-state index in [-0.39, 0.29) is 17.1 Å². The van der Waals surface area contributed by atoms with Crippen LogP contribution < -0.4 is 0 Å². The van der Waals surface area contributed by atoms with Crippen molar-refractivity contribution in [1.29, 1.82) is 0 Å². The molecule has 0 atom stereocenters. The summed E-state index contributed by atoms with van der Waals surface area (Å²) >= 11 is 1.69. The van der Waals surface area contributed by atoms with Crippen LogP contribution in [0.4, 0.5) is 4.39 Å². The van der Waals surface area contributed by atoms with Gasteiger partial charge in [0.25, 0.3) is 5.91 Å². The van der Waals surface area contributed by atoms with Gasteiger partial charge in [0.1, 0.15) is 11.5 Å². The zero-order valence-electron chi connectivity index (χ0n) is 14.3. The second-order valence-corrected chi connectivity index (χ2v) is 7.88. The number of fused-ring (bicyclic) bond motifs is 1. The van der Waals surface area contributed by atoms with Crippen molar-refractivity contribution in [1.82, 2.24) is 14.5 Å². The maximum Gasteiger partial charge on any atom is 0.270 e. The Hall–Kier alpha value is -2.21. The fourth-order valence-corrected chi connectivity index (χ4v) is 4.49. The number of amides is 1. The van der Waals surface area contributed by atoms with E-state index in [0.29, 0.717) is 18.8 Å². The van der Waals surface area contributed by atoms with E-state index in [1.165, 1.54) is 12.1 Å². The van der Waals surface area contributed by atoms with Crippen LogP contribution in [0.2, 0.25) is 0 Å². The van der Waals surface area contributed by atoms with E-state index in [4.69, 9.17) is 0 Å². The number of rotatable bonds is 2. The zero-order valence-corrected chi connectivity index (χ0v) is 15.1. The fraction of sp³-hybridized carbons (Fsp3) is 0.368. The molecule has 0 aliphatic carbocycles. The first-order chi connectivity index (χ1) is 12.0. The molecule has 3 heterocycles. The standard InChI is InChI=1S/C19H20FN3OS/c1-19(18-21-7-10-25-18)5-8-23(9-6-19)17(24)16-12-13-11-14(20)3-4-15(13)22(16)2/h3-4,7,10-12H,5-6,8-9H2,1-2H3. The zero-order chi connectivity index (χ0) is 17.6. The van der Waals surface area contributed by atoms with Crippen molar-refractivity contribution in [2.45, 2.75) is 25.2 Å². The number of halogens is 1. The van der Waals surface area contributed by atoms with Gasteiger partial charge in [-0.3, -0.25) is 4.79 Å². The highest BCUT2D eigenvalue weighted by molar-refractivity contribution is 7.09. The molecule has 130 valence electrons. The molecular formula is C19H20FN3OS. The number of piperidine rings is 1. The lowest BCUT2D eigenvalue weighted by molar-refractivity contribution is 0.0667. The minimum Gasteiger partial charge on any atom is -0.340 e. The van der Waals surface area contributed by atoms with Crippen LogP contribution in [0.5, 0.6) is 0 Å². The van der Waals surface area contributed by atoms with Gasteiger partial charge >= 0.3 is 0 Å². The first-order valence-electron chi connectivity index (χ1n) is 8.42. The monoisotopic (exact) mass is 357 g/mol. The van der Waals surface area contributed by atoms with E-state index < -0.39 is 0 Å². The number of benzene rings is 1. The van der Waals surface area contributed by atoms with E-state index in [2.05, 4.69) is 11.9 Å². The van der Waals surface area contributed by atoms with Crippen molar-refractivity contribution in [3.05, 3.63) is 52.4 Å². The van der Waals surface area contributed by atoms with Crippen molar-refractivity contribution >= 4 is 28.1 Å². The van der Waals surface area contributed by atoms with Crippen molar-refractivity contribution in [3.63, 3.8) is 0 Å². The molecule has 0 N–H and O–H groups in total. The summed E-state index contributed by atoms with van der Waals surface area (Å²) in [6, 6.07) is 6.41. The summed E-state index contributed by atoms with van der Waals surface area (Å²) in [4.78, 5) is 19.3. The third-order valence-electron chi connectivity index (χ3n) is 5.33.